The molecule has 1 aliphatic heterocycles. The maximum atomic E-state index is 12.5. The van der Waals surface area contributed by atoms with Crippen molar-refractivity contribution in [1.82, 2.24) is 4.90 Å². The zero-order chi connectivity index (χ0) is 13.3. The Morgan fingerprint density at radius 3 is 2.44 bits per heavy atom. The fourth-order valence-electron chi connectivity index (χ4n) is 2.86. The lowest BCUT2D eigenvalue weighted by molar-refractivity contribution is 0.0743. The molecule has 1 aromatic carbocycles. The van der Waals surface area contributed by atoms with Gasteiger partial charge in [-0.1, -0.05) is 17.2 Å². The third-order valence-corrected chi connectivity index (χ3v) is 3.72. The van der Waals surface area contributed by atoms with Crippen LogP contribution in [0.2, 0.25) is 0 Å². The molecule has 2 N–H and O–H groups in total. The van der Waals surface area contributed by atoms with Crippen molar-refractivity contribution >= 4 is 5.91 Å². The van der Waals surface area contributed by atoms with Gasteiger partial charge >= 0.3 is 0 Å². The fraction of sp³-hybridized carbons (Fsp3) is 0.533. The second-order valence-corrected chi connectivity index (χ2v) is 5.52. The zero-order valence-electron chi connectivity index (χ0n) is 11.4. The van der Waals surface area contributed by atoms with Gasteiger partial charge in [0.25, 0.3) is 5.91 Å². The topological polar surface area (TPSA) is 46.3 Å². The lowest BCUT2D eigenvalue weighted by Crippen LogP contribution is -2.34. The quantitative estimate of drug-likeness (QED) is 0.868. The molecule has 1 amide bonds. The first-order chi connectivity index (χ1) is 8.51. The molecule has 1 fully saturated rings. The van der Waals surface area contributed by atoms with Crippen molar-refractivity contribution in [3.63, 3.8) is 0 Å². The van der Waals surface area contributed by atoms with Crippen molar-refractivity contribution in [2.75, 3.05) is 13.1 Å². The van der Waals surface area contributed by atoms with E-state index in [1.807, 2.05) is 30.9 Å². The summed E-state index contributed by atoms with van der Waals surface area (Å²) in [6.45, 7) is 7.63. The van der Waals surface area contributed by atoms with Crippen molar-refractivity contribution in [1.29, 1.82) is 0 Å². The fourth-order valence-corrected chi connectivity index (χ4v) is 2.86. The van der Waals surface area contributed by atoms with E-state index in [1.165, 1.54) is 0 Å². The van der Waals surface area contributed by atoms with Gasteiger partial charge < -0.3 is 10.6 Å². The first kappa shape index (κ1) is 13.1. The maximum absolute atomic E-state index is 12.5. The van der Waals surface area contributed by atoms with Crippen LogP contribution >= 0.6 is 0 Å². The Hall–Kier alpha value is -1.35. The van der Waals surface area contributed by atoms with E-state index < -0.39 is 0 Å². The highest BCUT2D eigenvalue weighted by molar-refractivity contribution is 5.95. The molecular weight excluding hydrogens is 224 g/mol. The molecule has 3 nitrogen and oxygen atoms in total. The number of hydrogen-bond donors (Lipinski definition) is 1. The number of benzene rings is 1. The summed E-state index contributed by atoms with van der Waals surface area (Å²) >= 11 is 0. The van der Waals surface area contributed by atoms with Crippen LogP contribution in [0.25, 0.3) is 0 Å². The van der Waals surface area contributed by atoms with Gasteiger partial charge in [0.05, 0.1) is 0 Å². The Bertz CT molecular complexity index is 436. The van der Waals surface area contributed by atoms with E-state index in [1.54, 1.807) is 0 Å². The molecule has 98 valence electrons. The molecule has 0 saturated carbocycles. The third-order valence-electron chi connectivity index (χ3n) is 3.72. The largest absolute Gasteiger partial charge is 0.336 e. The number of nitrogens with two attached hydrogens (primary N) is 1. The second kappa shape index (κ2) is 5.11. The highest BCUT2D eigenvalue weighted by atomic mass is 16.2. The molecule has 2 atom stereocenters. The lowest BCUT2D eigenvalue weighted by atomic mass is 10.1. The molecule has 1 saturated heterocycles. The Balaban J connectivity index is 2.21. The average molecular weight is 246 g/mol. The van der Waals surface area contributed by atoms with Crippen LogP contribution in [-0.2, 0) is 0 Å². The van der Waals surface area contributed by atoms with E-state index in [2.05, 4.69) is 13.0 Å². The van der Waals surface area contributed by atoms with Gasteiger partial charge in [0.15, 0.2) is 0 Å². The van der Waals surface area contributed by atoms with Crippen LogP contribution in [-0.4, -0.2) is 29.9 Å². The molecule has 1 aliphatic rings. The molecule has 3 heteroatoms. The van der Waals surface area contributed by atoms with Gasteiger partial charge in [0, 0.05) is 18.2 Å². The van der Waals surface area contributed by atoms with Crippen LogP contribution in [0.15, 0.2) is 18.2 Å². The van der Waals surface area contributed by atoms with E-state index in [0.29, 0.717) is 18.5 Å². The van der Waals surface area contributed by atoms with Gasteiger partial charge in [0.1, 0.15) is 0 Å². The number of hydrogen-bond acceptors (Lipinski definition) is 2. The van der Waals surface area contributed by atoms with Gasteiger partial charge in [-0.3, -0.25) is 4.79 Å². The predicted molar refractivity (Wildman–Crippen MR) is 73.6 cm³/mol. The number of nitrogens with zero attached hydrogens (tertiary/aromatic N) is 1. The highest BCUT2D eigenvalue weighted by Crippen LogP contribution is 2.24. The van der Waals surface area contributed by atoms with E-state index in [-0.39, 0.29) is 5.91 Å². The van der Waals surface area contributed by atoms with Crippen molar-refractivity contribution < 1.29 is 4.79 Å². The van der Waals surface area contributed by atoms with Crippen LogP contribution < -0.4 is 5.73 Å². The zero-order valence-corrected chi connectivity index (χ0v) is 11.4. The number of likely N-dealkylation sites (tertiary alicyclic amines) is 1. The second-order valence-electron chi connectivity index (χ2n) is 5.52. The Morgan fingerprint density at radius 1 is 1.33 bits per heavy atom. The van der Waals surface area contributed by atoms with Crippen molar-refractivity contribution in [3.05, 3.63) is 34.9 Å². The summed E-state index contributed by atoms with van der Waals surface area (Å²) in [7, 11) is 0. The Kier molecular flexibility index (Phi) is 3.71. The summed E-state index contributed by atoms with van der Waals surface area (Å²) in [5, 5.41) is 0. The normalized spacial score (nSPS) is 23.4. The van der Waals surface area contributed by atoms with Gasteiger partial charge in [-0.05, 0) is 51.8 Å². The minimum absolute atomic E-state index is 0.144. The number of aryl methyl sites for hydroxylation is 2. The summed E-state index contributed by atoms with van der Waals surface area (Å²) in [5.74, 6) is 0.597. The molecule has 0 radical (unpaired) electrons. The molecular formula is C15H22N2O. The molecule has 0 aliphatic carbocycles. The van der Waals surface area contributed by atoms with E-state index in [9.17, 15) is 4.79 Å². The minimum atomic E-state index is 0.144. The highest BCUT2D eigenvalue weighted by Gasteiger charge is 2.32. The molecule has 1 heterocycles. The SMILES string of the molecule is Cc1cc(C)cc(C(=O)N2CC(CN)CC2C)c1. The van der Waals surface area contributed by atoms with Crippen LogP contribution in [0, 0.1) is 19.8 Å². The van der Waals surface area contributed by atoms with Gasteiger partial charge in [-0.15, -0.1) is 0 Å². The molecule has 0 aromatic heterocycles. The average Bonchev–Trinajstić information content (AvgIpc) is 2.68. The molecule has 2 rings (SSSR count). The van der Waals surface area contributed by atoms with Crippen LogP contribution in [0.5, 0.6) is 0 Å². The van der Waals surface area contributed by atoms with E-state index >= 15 is 0 Å². The molecule has 1 aromatic rings. The number of carbonyl (C=O) groups excluding carboxylic acids is 1. The number of carbonyl (C=O) groups is 1. The Labute approximate surface area is 109 Å². The Morgan fingerprint density at radius 2 is 1.94 bits per heavy atom. The summed E-state index contributed by atoms with van der Waals surface area (Å²) in [6, 6.07) is 6.33. The standard InChI is InChI=1S/C15H22N2O/c1-10-4-11(2)6-14(5-10)15(18)17-9-13(8-16)7-12(17)3/h4-6,12-13H,7-9,16H2,1-3H3. The molecule has 0 bridgehead atoms. The van der Waals surface area contributed by atoms with E-state index in [4.69, 9.17) is 5.73 Å². The smallest absolute Gasteiger partial charge is 0.254 e. The van der Waals surface area contributed by atoms with Gasteiger partial charge in [0.2, 0.25) is 0 Å². The first-order valence-electron chi connectivity index (χ1n) is 6.60. The van der Waals surface area contributed by atoms with Gasteiger partial charge in [-0.2, -0.15) is 0 Å². The lowest BCUT2D eigenvalue weighted by Gasteiger charge is -2.22. The van der Waals surface area contributed by atoms with Crippen molar-refractivity contribution in [3.8, 4) is 0 Å². The number of rotatable bonds is 2. The van der Waals surface area contributed by atoms with E-state index in [0.717, 1.165) is 29.7 Å². The number of amides is 1. The summed E-state index contributed by atoms with van der Waals surface area (Å²) < 4.78 is 0. The molecule has 2 unspecified atom stereocenters. The third kappa shape index (κ3) is 2.56. The summed E-state index contributed by atoms with van der Waals surface area (Å²) in [5.41, 5.74) is 8.79. The van der Waals surface area contributed by atoms with Crippen LogP contribution in [0.4, 0.5) is 0 Å². The molecule has 0 spiro atoms. The van der Waals surface area contributed by atoms with Crippen molar-refractivity contribution in [2.45, 2.75) is 33.2 Å². The molecule has 18 heavy (non-hydrogen) atoms. The monoisotopic (exact) mass is 246 g/mol. The summed E-state index contributed by atoms with van der Waals surface area (Å²) in [4.78, 5) is 14.5. The van der Waals surface area contributed by atoms with Crippen LogP contribution in [0.3, 0.4) is 0 Å². The predicted octanol–water partition coefficient (Wildman–Crippen LogP) is 2.11. The van der Waals surface area contributed by atoms with Crippen molar-refractivity contribution in [2.24, 2.45) is 11.7 Å². The minimum Gasteiger partial charge on any atom is -0.336 e. The first-order valence-corrected chi connectivity index (χ1v) is 6.60. The van der Waals surface area contributed by atoms with Gasteiger partial charge in [-0.25, -0.2) is 0 Å². The summed E-state index contributed by atoms with van der Waals surface area (Å²) in [6.07, 6.45) is 1.02. The maximum Gasteiger partial charge on any atom is 0.254 e. The van der Waals surface area contributed by atoms with Crippen LogP contribution in [0.1, 0.15) is 34.8 Å².